The zero-order chi connectivity index (χ0) is 20.1. The van der Waals surface area contributed by atoms with Crippen molar-refractivity contribution in [2.45, 2.75) is 50.4 Å². The van der Waals surface area contributed by atoms with E-state index in [-0.39, 0.29) is 23.5 Å². The predicted octanol–water partition coefficient (Wildman–Crippen LogP) is 4.81. The van der Waals surface area contributed by atoms with E-state index in [9.17, 15) is 23.8 Å². The normalized spacial score (nSPS) is 22.4. The Morgan fingerprint density at radius 3 is 2.39 bits per heavy atom. The van der Waals surface area contributed by atoms with E-state index in [1.54, 1.807) is 11.0 Å². The Balaban J connectivity index is 1.93. The predicted molar refractivity (Wildman–Crippen MR) is 102 cm³/mol. The number of unbranched alkanes of at least 4 members (excludes halogenated alkanes) is 2. The number of aromatic hydroxyl groups is 2. The number of amides is 1. The molecule has 0 saturated heterocycles. The second-order valence-electron chi connectivity index (χ2n) is 7.68. The number of carbonyl (C=O) groups excluding carboxylic acids is 1. The molecule has 0 saturated carbocycles. The van der Waals surface area contributed by atoms with Gasteiger partial charge < -0.3 is 15.1 Å². The number of benzene rings is 2. The van der Waals surface area contributed by atoms with Crippen LogP contribution in [-0.2, 0) is 16.1 Å². The summed E-state index contributed by atoms with van der Waals surface area (Å²) in [5.74, 6) is -4.50. The highest BCUT2D eigenvalue weighted by atomic mass is 19.3. The van der Waals surface area contributed by atoms with Crippen molar-refractivity contribution in [2.24, 2.45) is 0 Å². The number of anilines is 1. The van der Waals surface area contributed by atoms with Crippen molar-refractivity contribution in [1.29, 1.82) is 0 Å². The minimum atomic E-state index is -3.17. The van der Waals surface area contributed by atoms with Gasteiger partial charge in [-0.05, 0) is 42.2 Å². The summed E-state index contributed by atoms with van der Waals surface area (Å²) >= 11 is 0. The van der Waals surface area contributed by atoms with Crippen LogP contribution in [0.25, 0.3) is 0 Å². The fourth-order valence-corrected chi connectivity index (χ4v) is 4.62. The minimum absolute atomic E-state index is 0.0443. The third kappa shape index (κ3) is 2.50. The Kier molecular flexibility index (Phi) is 4.32. The maximum atomic E-state index is 14.7. The van der Waals surface area contributed by atoms with Crippen LogP contribution in [0.3, 0.4) is 0 Å². The summed E-state index contributed by atoms with van der Waals surface area (Å²) in [5, 5.41) is 19.9. The average Bonchev–Trinajstić information content (AvgIpc) is 2.90. The summed E-state index contributed by atoms with van der Waals surface area (Å²) in [6, 6.07) is 9.34. The first kappa shape index (κ1) is 18.7. The monoisotopic (exact) mass is 387 g/mol. The molecule has 28 heavy (non-hydrogen) atoms. The molecule has 0 aromatic heterocycles. The molecule has 2 aromatic rings. The molecular weight excluding hydrogens is 364 g/mol. The third-order valence-electron chi connectivity index (χ3n) is 6.03. The largest absolute Gasteiger partial charge is 0.504 e. The average molecular weight is 387 g/mol. The van der Waals surface area contributed by atoms with Gasteiger partial charge in [-0.15, -0.1) is 0 Å². The molecule has 1 spiro atoms. The molecule has 1 aliphatic carbocycles. The zero-order valence-corrected chi connectivity index (χ0v) is 15.7. The van der Waals surface area contributed by atoms with E-state index in [4.69, 9.17) is 0 Å². The molecule has 0 radical (unpaired) electrons. The fraction of sp³-hybridized carbons (Fsp3) is 0.409. The number of hydrogen-bond donors (Lipinski definition) is 2. The van der Waals surface area contributed by atoms with Crippen LogP contribution in [0, 0.1) is 0 Å². The minimum Gasteiger partial charge on any atom is -0.504 e. The molecule has 1 unspecified atom stereocenters. The molecule has 1 amide bonds. The fourth-order valence-electron chi connectivity index (χ4n) is 4.62. The lowest BCUT2D eigenvalue weighted by Gasteiger charge is -2.38. The van der Waals surface area contributed by atoms with E-state index in [2.05, 4.69) is 6.92 Å². The highest BCUT2D eigenvalue weighted by molar-refractivity contribution is 6.11. The summed E-state index contributed by atoms with van der Waals surface area (Å²) in [4.78, 5) is 15.3. The van der Waals surface area contributed by atoms with Gasteiger partial charge in [0.1, 0.15) is 5.41 Å². The lowest BCUT2D eigenvalue weighted by Crippen LogP contribution is -2.46. The molecule has 148 valence electrons. The maximum Gasteiger partial charge on any atom is 0.273 e. The number of para-hydroxylation sites is 1. The van der Waals surface area contributed by atoms with Crippen molar-refractivity contribution in [3.05, 3.63) is 53.1 Å². The van der Waals surface area contributed by atoms with Crippen LogP contribution < -0.4 is 4.90 Å². The quantitative estimate of drug-likeness (QED) is 0.585. The Hall–Kier alpha value is -2.63. The molecule has 0 fully saturated rings. The van der Waals surface area contributed by atoms with Crippen molar-refractivity contribution in [3.8, 4) is 11.5 Å². The van der Waals surface area contributed by atoms with E-state index >= 15 is 0 Å². The van der Waals surface area contributed by atoms with Gasteiger partial charge in [-0.3, -0.25) is 4.79 Å². The number of phenolic OH excluding ortho intramolecular Hbond substituents is 2. The summed E-state index contributed by atoms with van der Waals surface area (Å²) in [5.41, 5.74) is -0.113. The number of hydrogen-bond acceptors (Lipinski definition) is 3. The number of carbonyl (C=O) groups is 1. The molecule has 4 rings (SSSR count). The second-order valence-corrected chi connectivity index (χ2v) is 7.68. The standard InChI is InChI=1S/C22H23F2NO3/c1-2-3-6-11-25-17-8-5-4-7-14(17)21(20(25)28)9-10-22(23,24)16-13-19(27)18(26)12-15(16)21/h4-5,7-8,12-13,26-27H,2-3,6,9-11H2,1H3. The first-order valence-electron chi connectivity index (χ1n) is 9.69. The molecule has 1 atom stereocenters. The number of phenols is 2. The number of fused-ring (bicyclic) bond motifs is 4. The Labute approximate surface area is 162 Å². The van der Waals surface area contributed by atoms with Gasteiger partial charge in [-0.2, -0.15) is 0 Å². The van der Waals surface area contributed by atoms with Crippen LogP contribution in [0.2, 0.25) is 0 Å². The van der Waals surface area contributed by atoms with E-state index in [0.29, 0.717) is 12.1 Å². The molecule has 1 heterocycles. The van der Waals surface area contributed by atoms with Gasteiger partial charge in [-0.25, -0.2) is 8.78 Å². The lowest BCUT2D eigenvalue weighted by atomic mass is 9.65. The van der Waals surface area contributed by atoms with Gasteiger partial charge >= 0.3 is 0 Å². The van der Waals surface area contributed by atoms with Crippen LogP contribution in [-0.4, -0.2) is 22.7 Å². The van der Waals surface area contributed by atoms with Gasteiger partial charge in [-0.1, -0.05) is 38.0 Å². The molecular formula is C22H23F2NO3. The van der Waals surface area contributed by atoms with Crippen LogP contribution in [0.4, 0.5) is 14.5 Å². The highest BCUT2D eigenvalue weighted by Crippen LogP contribution is 2.58. The van der Waals surface area contributed by atoms with Crippen molar-refractivity contribution in [1.82, 2.24) is 0 Å². The maximum absolute atomic E-state index is 14.7. The Morgan fingerprint density at radius 2 is 1.68 bits per heavy atom. The van der Waals surface area contributed by atoms with Gasteiger partial charge in [0.25, 0.3) is 5.92 Å². The lowest BCUT2D eigenvalue weighted by molar-refractivity contribution is -0.123. The topological polar surface area (TPSA) is 60.8 Å². The van der Waals surface area contributed by atoms with Crippen LogP contribution in [0.15, 0.2) is 36.4 Å². The van der Waals surface area contributed by atoms with E-state index in [1.807, 2.05) is 18.2 Å². The van der Waals surface area contributed by atoms with Crippen molar-refractivity contribution >= 4 is 11.6 Å². The molecule has 2 aliphatic rings. The van der Waals surface area contributed by atoms with E-state index < -0.39 is 29.3 Å². The summed E-state index contributed by atoms with van der Waals surface area (Å²) in [6.45, 7) is 2.61. The molecule has 2 N–H and O–H groups in total. The van der Waals surface area contributed by atoms with Gasteiger partial charge in [0, 0.05) is 24.2 Å². The number of rotatable bonds is 4. The van der Waals surface area contributed by atoms with Crippen molar-refractivity contribution in [3.63, 3.8) is 0 Å². The summed E-state index contributed by atoms with van der Waals surface area (Å²) in [6.07, 6.45) is 2.28. The smallest absolute Gasteiger partial charge is 0.273 e. The number of alkyl halides is 2. The Bertz CT molecular complexity index is 943. The van der Waals surface area contributed by atoms with Crippen LogP contribution in [0.1, 0.15) is 55.7 Å². The van der Waals surface area contributed by atoms with Gasteiger partial charge in [0.15, 0.2) is 11.5 Å². The molecule has 6 heteroatoms. The Morgan fingerprint density at radius 1 is 1.00 bits per heavy atom. The zero-order valence-electron chi connectivity index (χ0n) is 15.7. The number of halogens is 2. The second kappa shape index (κ2) is 6.47. The van der Waals surface area contributed by atoms with Crippen LogP contribution in [0.5, 0.6) is 11.5 Å². The molecule has 0 bridgehead atoms. The number of nitrogens with zero attached hydrogens (tertiary/aromatic N) is 1. The molecule has 1 aliphatic heterocycles. The third-order valence-corrected chi connectivity index (χ3v) is 6.03. The highest BCUT2D eigenvalue weighted by Gasteiger charge is 2.58. The van der Waals surface area contributed by atoms with Crippen LogP contribution >= 0.6 is 0 Å². The molecule has 4 nitrogen and oxygen atoms in total. The first-order valence-corrected chi connectivity index (χ1v) is 9.69. The SMILES string of the molecule is CCCCCN1C(=O)C2(CCC(F)(F)c3cc(O)c(O)cc32)c2ccccc21. The summed E-state index contributed by atoms with van der Waals surface area (Å²) in [7, 11) is 0. The first-order chi connectivity index (χ1) is 13.3. The van der Waals surface area contributed by atoms with Crippen molar-refractivity contribution < 1.29 is 23.8 Å². The van der Waals surface area contributed by atoms with Crippen molar-refractivity contribution in [2.75, 3.05) is 11.4 Å². The summed E-state index contributed by atoms with van der Waals surface area (Å²) < 4.78 is 29.4. The van der Waals surface area contributed by atoms with E-state index in [1.165, 1.54) is 0 Å². The van der Waals surface area contributed by atoms with Gasteiger partial charge in [0.05, 0.1) is 0 Å². The molecule has 2 aromatic carbocycles. The van der Waals surface area contributed by atoms with Gasteiger partial charge in [0.2, 0.25) is 5.91 Å². The van der Waals surface area contributed by atoms with E-state index in [0.717, 1.165) is 37.1 Å².